The minimum absolute atomic E-state index is 0.00565. The number of piperidine rings is 1. The van der Waals surface area contributed by atoms with E-state index in [2.05, 4.69) is 19.2 Å². The number of carbonyl (C=O) groups is 2. The van der Waals surface area contributed by atoms with Gasteiger partial charge in [0, 0.05) is 12.3 Å². The molecule has 1 saturated heterocycles. The first kappa shape index (κ1) is 13.6. The highest BCUT2D eigenvalue weighted by Gasteiger charge is 2.43. The Hall–Kier alpha value is -0.860. The Morgan fingerprint density at radius 1 is 1.28 bits per heavy atom. The SMILES string of the molecule is CCCC(C)C1CC(=O)NC(=O)C1C1CCCC1. The average molecular weight is 251 g/mol. The summed E-state index contributed by atoms with van der Waals surface area (Å²) in [6.45, 7) is 4.38. The lowest BCUT2D eigenvalue weighted by atomic mass is 9.70. The lowest BCUT2D eigenvalue weighted by Gasteiger charge is -2.37. The Balaban J connectivity index is 2.14. The van der Waals surface area contributed by atoms with Crippen molar-refractivity contribution in [3.8, 4) is 0 Å². The van der Waals surface area contributed by atoms with Crippen molar-refractivity contribution in [1.82, 2.24) is 5.32 Å². The van der Waals surface area contributed by atoms with Crippen molar-refractivity contribution < 1.29 is 9.59 Å². The molecule has 1 saturated carbocycles. The first-order valence-corrected chi connectivity index (χ1v) is 7.47. The summed E-state index contributed by atoms with van der Waals surface area (Å²) in [5.74, 6) is 1.30. The third kappa shape index (κ3) is 2.76. The average Bonchev–Trinajstić information content (AvgIpc) is 2.81. The van der Waals surface area contributed by atoms with Crippen LogP contribution in [-0.2, 0) is 9.59 Å². The van der Waals surface area contributed by atoms with Gasteiger partial charge in [0.2, 0.25) is 11.8 Å². The number of amides is 2. The molecule has 3 nitrogen and oxygen atoms in total. The summed E-state index contributed by atoms with van der Waals surface area (Å²) >= 11 is 0. The maximum absolute atomic E-state index is 12.2. The molecule has 1 aliphatic carbocycles. The number of hydrogen-bond acceptors (Lipinski definition) is 2. The Morgan fingerprint density at radius 2 is 1.94 bits per heavy atom. The third-order valence-electron chi connectivity index (χ3n) is 4.83. The molecule has 18 heavy (non-hydrogen) atoms. The third-order valence-corrected chi connectivity index (χ3v) is 4.83. The molecule has 0 aromatic rings. The van der Waals surface area contributed by atoms with Crippen LogP contribution in [0.4, 0.5) is 0 Å². The van der Waals surface area contributed by atoms with Gasteiger partial charge < -0.3 is 0 Å². The molecule has 1 heterocycles. The molecule has 102 valence electrons. The Morgan fingerprint density at radius 3 is 2.56 bits per heavy atom. The summed E-state index contributed by atoms with van der Waals surface area (Å²) in [4.78, 5) is 23.8. The molecule has 3 unspecified atom stereocenters. The molecular weight excluding hydrogens is 226 g/mol. The molecule has 2 aliphatic rings. The highest BCUT2D eigenvalue weighted by Crippen LogP contribution is 2.41. The Kier molecular flexibility index (Phi) is 4.41. The van der Waals surface area contributed by atoms with Crippen LogP contribution in [0.3, 0.4) is 0 Å². The molecular formula is C15H25NO2. The lowest BCUT2D eigenvalue weighted by molar-refractivity contribution is -0.142. The standard InChI is InChI=1S/C15H25NO2/c1-3-6-10(2)12-9-13(17)16-15(18)14(12)11-7-4-5-8-11/h10-12,14H,3-9H2,1-2H3,(H,16,17,18). The second-order valence-corrected chi connectivity index (χ2v) is 6.12. The lowest BCUT2D eigenvalue weighted by Crippen LogP contribution is -2.49. The van der Waals surface area contributed by atoms with Crippen LogP contribution >= 0.6 is 0 Å². The first-order chi connectivity index (χ1) is 8.63. The minimum Gasteiger partial charge on any atom is -0.296 e. The number of rotatable bonds is 4. The van der Waals surface area contributed by atoms with Crippen LogP contribution in [0.1, 0.15) is 58.8 Å². The molecule has 1 aliphatic heterocycles. The topological polar surface area (TPSA) is 46.2 Å². The normalized spacial score (nSPS) is 31.4. The van der Waals surface area contributed by atoms with Gasteiger partial charge in [0.1, 0.15) is 0 Å². The number of nitrogens with one attached hydrogen (secondary N) is 1. The molecule has 3 heteroatoms. The highest BCUT2D eigenvalue weighted by atomic mass is 16.2. The van der Waals surface area contributed by atoms with Crippen LogP contribution in [-0.4, -0.2) is 11.8 Å². The van der Waals surface area contributed by atoms with E-state index < -0.39 is 0 Å². The fourth-order valence-corrected chi connectivity index (χ4v) is 3.91. The summed E-state index contributed by atoms with van der Waals surface area (Å²) in [5, 5.41) is 2.56. The maximum Gasteiger partial charge on any atom is 0.230 e. The van der Waals surface area contributed by atoms with Crippen LogP contribution in [0.2, 0.25) is 0 Å². The van der Waals surface area contributed by atoms with Crippen molar-refractivity contribution in [3.63, 3.8) is 0 Å². The van der Waals surface area contributed by atoms with Crippen molar-refractivity contribution in [2.75, 3.05) is 0 Å². The van der Waals surface area contributed by atoms with Gasteiger partial charge >= 0.3 is 0 Å². The molecule has 0 aromatic carbocycles. The van der Waals surface area contributed by atoms with Crippen LogP contribution in [0.5, 0.6) is 0 Å². The fourth-order valence-electron chi connectivity index (χ4n) is 3.91. The summed E-state index contributed by atoms with van der Waals surface area (Å²) in [5.41, 5.74) is 0. The zero-order valence-corrected chi connectivity index (χ0v) is 11.6. The van der Waals surface area contributed by atoms with Crippen molar-refractivity contribution in [2.24, 2.45) is 23.7 Å². The second-order valence-electron chi connectivity index (χ2n) is 6.12. The highest BCUT2D eigenvalue weighted by molar-refractivity contribution is 5.99. The van der Waals surface area contributed by atoms with E-state index in [-0.39, 0.29) is 23.7 Å². The van der Waals surface area contributed by atoms with Gasteiger partial charge in [0.05, 0.1) is 0 Å². The van der Waals surface area contributed by atoms with E-state index in [1.807, 2.05) is 0 Å². The molecule has 0 aromatic heterocycles. The van der Waals surface area contributed by atoms with Crippen molar-refractivity contribution in [2.45, 2.75) is 58.8 Å². The summed E-state index contributed by atoms with van der Waals surface area (Å²) in [6, 6.07) is 0. The van der Waals surface area contributed by atoms with Gasteiger partial charge in [-0.3, -0.25) is 14.9 Å². The van der Waals surface area contributed by atoms with Gasteiger partial charge in [-0.2, -0.15) is 0 Å². The van der Waals surface area contributed by atoms with Crippen LogP contribution in [0.15, 0.2) is 0 Å². The number of carbonyl (C=O) groups excluding carboxylic acids is 2. The molecule has 0 bridgehead atoms. The van der Waals surface area contributed by atoms with Crippen LogP contribution in [0.25, 0.3) is 0 Å². The minimum atomic E-state index is -0.0674. The summed E-state index contributed by atoms with van der Waals surface area (Å²) in [6.07, 6.45) is 7.63. The number of hydrogen-bond donors (Lipinski definition) is 1. The smallest absolute Gasteiger partial charge is 0.230 e. The molecule has 2 rings (SSSR count). The Bertz CT molecular complexity index is 320. The molecule has 2 amide bonds. The maximum atomic E-state index is 12.2. The predicted octanol–water partition coefficient (Wildman–Crippen LogP) is 2.89. The fraction of sp³-hybridized carbons (Fsp3) is 0.867. The van der Waals surface area contributed by atoms with Crippen molar-refractivity contribution >= 4 is 11.8 Å². The van der Waals surface area contributed by atoms with Crippen LogP contribution in [0, 0.1) is 23.7 Å². The van der Waals surface area contributed by atoms with E-state index in [0.29, 0.717) is 18.3 Å². The van der Waals surface area contributed by atoms with E-state index in [1.54, 1.807) is 0 Å². The van der Waals surface area contributed by atoms with Gasteiger partial charge in [0.15, 0.2) is 0 Å². The van der Waals surface area contributed by atoms with E-state index in [9.17, 15) is 9.59 Å². The second kappa shape index (κ2) is 5.85. The van der Waals surface area contributed by atoms with E-state index in [4.69, 9.17) is 0 Å². The van der Waals surface area contributed by atoms with Crippen molar-refractivity contribution in [1.29, 1.82) is 0 Å². The predicted molar refractivity (Wildman–Crippen MR) is 70.8 cm³/mol. The molecule has 2 fully saturated rings. The van der Waals surface area contributed by atoms with Gasteiger partial charge in [-0.15, -0.1) is 0 Å². The Labute approximate surface area is 110 Å². The zero-order chi connectivity index (χ0) is 13.1. The first-order valence-electron chi connectivity index (χ1n) is 7.47. The largest absolute Gasteiger partial charge is 0.296 e. The van der Waals surface area contributed by atoms with Gasteiger partial charge in [-0.25, -0.2) is 0 Å². The van der Waals surface area contributed by atoms with E-state index in [0.717, 1.165) is 12.8 Å². The summed E-state index contributed by atoms with van der Waals surface area (Å²) < 4.78 is 0. The molecule has 3 atom stereocenters. The zero-order valence-electron chi connectivity index (χ0n) is 11.6. The van der Waals surface area contributed by atoms with Gasteiger partial charge in [0.25, 0.3) is 0 Å². The monoisotopic (exact) mass is 251 g/mol. The van der Waals surface area contributed by atoms with Crippen LogP contribution < -0.4 is 5.32 Å². The summed E-state index contributed by atoms with van der Waals surface area (Å²) in [7, 11) is 0. The van der Waals surface area contributed by atoms with Crippen molar-refractivity contribution in [3.05, 3.63) is 0 Å². The molecule has 1 N–H and O–H groups in total. The van der Waals surface area contributed by atoms with Gasteiger partial charge in [-0.05, 0) is 30.6 Å². The van der Waals surface area contributed by atoms with E-state index >= 15 is 0 Å². The molecule has 0 radical (unpaired) electrons. The quantitative estimate of drug-likeness (QED) is 0.781. The van der Waals surface area contributed by atoms with Gasteiger partial charge in [-0.1, -0.05) is 39.5 Å². The van der Waals surface area contributed by atoms with E-state index in [1.165, 1.54) is 25.7 Å². The number of imide groups is 1. The molecule has 0 spiro atoms.